The van der Waals surface area contributed by atoms with Crippen LogP contribution in [0.25, 0.3) is 0 Å². The van der Waals surface area contributed by atoms with Crippen molar-refractivity contribution >= 4 is 5.91 Å². The van der Waals surface area contributed by atoms with Crippen LogP contribution < -0.4 is 10.6 Å². The lowest BCUT2D eigenvalue weighted by Gasteiger charge is -2.27. The maximum Gasteiger partial charge on any atom is 0.237 e. The lowest BCUT2D eigenvalue weighted by atomic mass is 10.1. The third-order valence-corrected chi connectivity index (χ3v) is 4.33. The molecule has 0 bridgehead atoms. The third-order valence-electron chi connectivity index (χ3n) is 4.33. The molecule has 2 rings (SSSR count). The number of nitrogens with one attached hydrogen (secondary N) is 2. The average molecular weight is 303 g/mol. The van der Waals surface area contributed by atoms with E-state index in [0.717, 1.165) is 19.5 Å². The monoisotopic (exact) mass is 303 g/mol. The fraction of sp³-hybridized carbons (Fsp3) is 0.611. The van der Waals surface area contributed by atoms with E-state index in [1.54, 1.807) is 0 Å². The van der Waals surface area contributed by atoms with Gasteiger partial charge in [-0.05, 0) is 39.7 Å². The van der Waals surface area contributed by atoms with E-state index in [1.807, 2.05) is 6.92 Å². The van der Waals surface area contributed by atoms with Crippen molar-refractivity contribution in [1.82, 2.24) is 15.5 Å². The van der Waals surface area contributed by atoms with Crippen LogP contribution >= 0.6 is 0 Å². The first-order chi connectivity index (χ1) is 10.5. The van der Waals surface area contributed by atoms with Gasteiger partial charge >= 0.3 is 0 Å². The Morgan fingerprint density at radius 1 is 1.41 bits per heavy atom. The van der Waals surface area contributed by atoms with Crippen molar-refractivity contribution in [3.05, 3.63) is 35.4 Å². The van der Waals surface area contributed by atoms with Gasteiger partial charge in [0.25, 0.3) is 0 Å². The number of likely N-dealkylation sites (tertiary alicyclic amines) is 1. The molecule has 0 aromatic heterocycles. The number of nitrogens with zero attached hydrogens (tertiary/aromatic N) is 1. The van der Waals surface area contributed by atoms with Gasteiger partial charge in [0.05, 0.1) is 6.04 Å². The molecule has 1 amide bonds. The highest BCUT2D eigenvalue weighted by atomic mass is 16.2. The summed E-state index contributed by atoms with van der Waals surface area (Å²) < 4.78 is 0. The molecule has 0 spiro atoms. The second-order valence-corrected chi connectivity index (χ2v) is 6.50. The highest BCUT2D eigenvalue weighted by Gasteiger charge is 2.37. The smallest absolute Gasteiger partial charge is 0.237 e. The molecule has 2 atom stereocenters. The molecule has 4 nitrogen and oxygen atoms in total. The van der Waals surface area contributed by atoms with Crippen LogP contribution in [0.5, 0.6) is 0 Å². The lowest BCUT2D eigenvalue weighted by molar-refractivity contribution is -0.125. The summed E-state index contributed by atoms with van der Waals surface area (Å²) in [4.78, 5) is 14.5. The zero-order valence-corrected chi connectivity index (χ0v) is 14.2. The second-order valence-electron chi connectivity index (χ2n) is 6.50. The number of carbonyl (C=O) groups is 1. The van der Waals surface area contributed by atoms with Gasteiger partial charge in [-0.2, -0.15) is 0 Å². The maximum atomic E-state index is 12.2. The van der Waals surface area contributed by atoms with Crippen LogP contribution in [0.15, 0.2) is 24.3 Å². The lowest BCUT2D eigenvalue weighted by Crippen LogP contribution is -2.46. The summed E-state index contributed by atoms with van der Waals surface area (Å²) in [7, 11) is 0. The Bertz CT molecular complexity index is 501. The molecule has 1 aliphatic rings. The summed E-state index contributed by atoms with van der Waals surface area (Å²) in [5.74, 6) is 0.163. The highest BCUT2D eigenvalue weighted by Crippen LogP contribution is 2.21. The number of carbonyl (C=O) groups excluding carboxylic acids is 1. The van der Waals surface area contributed by atoms with Crippen LogP contribution in [-0.4, -0.2) is 42.0 Å². The fourth-order valence-corrected chi connectivity index (χ4v) is 3.21. The number of aryl methyl sites for hydroxylation is 1. The highest BCUT2D eigenvalue weighted by molar-refractivity contribution is 5.82. The topological polar surface area (TPSA) is 44.4 Å². The summed E-state index contributed by atoms with van der Waals surface area (Å²) in [6.45, 7) is 10.9. The quantitative estimate of drug-likeness (QED) is 0.845. The molecule has 122 valence electrons. The third kappa shape index (κ3) is 4.31. The van der Waals surface area contributed by atoms with Crippen LogP contribution in [0.1, 0.15) is 38.3 Å². The van der Waals surface area contributed by atoms with E-state index < -0.39 is 0 Å². The molecule has 1 aromatic rings. The van der Waals surface area contributed by atoms with Crippen LogP contribution in [0.3, 0.4) is 0 Å². The first-order valence-electron chi connectivity index (χ1n) is 8.33. The van der Waals surface area contributed by atoms with Crippen molar-refractivity contribution in [2.24, 2.45) is 0 Å². The van der Waals surface area contributed by atoms with Gasteiger partial charge in [0.15, 0.2) is 0 Å². The summed E-state index contributed by atoms with van der Waals surface area (Å²) in [6, 6.07) is 9.33. The van der Waals surface area contributed by atoms with E-state index in [2.05, 4.69) is 60.6 Å². The van der Waals surface area contributed by atoms with Gasteiger partial charge in [-0.25, -0.2) is 0 Å². The average Bonchev–Trinajstić information content (AvgIpc) is 2.90. The fourth-order valence-electron chi connectivity index (χ4n) is 3.21. The molecule has 0 aliphatic carbocycles. The van der Waals surface area contributed by atoms with E-state index >= 15 is 0 Å². The van der Waals surface area contributed by atoms with E-state index in [9.17, 15) is 4.79 Å². The van der Waals surface area contributed by atoms with Gasteiger partial charge < -0.3 is 10.6 Å². The van der Waals surface area contributed by atoms with Crippen molar-refractivity contribution in [2.75, 3.05) is 13.1 Å². The molecular formula is C18H29N3O. The minimum Gasteiger partial charge on any atom is -0.355 e. The minimum absolute atomic E-state index is 0.00467. The van der Waals surface area contributed by atoms with Crippen molar-refractivity contribution in [1.29, 1.82) is 0 Å². The largest absolute Gasteiger partial charge is 0.355 e. The van der Waals surface area contributed by atoms with E-state index in [0.29, 0.717) is 18.6 Å². The Morgan fingerprint density at radius 3 is 2.82 bits per heavy atom. The summed E-state index contributed by atoms with van der Waals surface area (Å²) in [6.07, 6.45) is 0.885. The standard InChI is InChI=1S/C18H29N3O/c1-5-19-18(22)17-10-16(12-21(17)13(2)3)20-11-15-8-6-7-14(4)9-15/h6-9,13,16-17,20H,5,10-12H2,1-4H3,(H,19,22)/t16-,17-/m0/s1. The number of rotatable bonds is 6. The zero-order chi connectivity index (χ0) is 16.1. The number of benzene rings is 1. The van der Waals surface area contributed by atoms with Gasteiger partial charge in [-0.15, -0.1) is 0 Å². The Kier molecular flexibility index (Phi) is 5.98. The number of amides is 1. The molecule has 2 N–H and O–H groups in total. The molecule has 1 saturated heterocycles. The van der Waals surface area contributed by atoms with E-state index in [-0.39, 0.29) is 11.9 Å². The number of likely N-dealkylation sites (N-methyl/N-ethyl adjacent to an activating group) is 1. The van der Waals surface area contributed by atoms with Crippen LogP contribution in [0, 0.1) is 6.92 Å². The predicted octanol–water partition coefficient (Wildman–Crippen LogP) is 2.07. The van der Waals surface area contributed by atoms with Gasteiger partial charge in [-0.1, -0.05) is 29.8 Å². The number of hydrogen-bond acceptors (Lipinski definition) is 3. The molecule has 4 heteroatoms. The molecular weight excluding hydrogens is 274 g/mol. The van der Waals surface area contributed by atoms with E-state index in [4.69, 9.17) is 0 Å². The Morgan fingerprint density at radius 2 is 2.18 bits per heavy atom. The first kappa shape index (κ1) is 17.0. The Labute approximate surface area is 134 Å². The zero-order valence-electron chi connectivity index (χ0n) is 14.2. The number of hydrogen-bond donors (Lipinski definition) is 2. The van der Waals surface area contributed by atoms with Gasteiger partial charge in [0.2, 0.25) is 5.91 Å². The molecule has 22 heavy (non-hydrogen) atoms. The van der Waals surface area contributed by atoms with Crippen molar-refractivity contribution < 1.29 is 4.79 Å². The van der Waals surface area contributed by atoms with Crippen LogP contribution in [-0.2, 0) is 11.3 Å². The van der Waals surface area contributed by atoms with Gasteiger partial charge in [0, 0.05) is 31.7 Å². The molecule has 0 saturated carbocycles. The molecule has 0 radical (unpaired) electrons. The van der Waals surface area contributed by atoms with Crippen LogP contribution in [0.2, 0.25) is 0 Å². The molecule has 1 aliphatic heterocycles. The molecule has 0 unspecified atom stereocenters. The SMILES string of the molecule is CCNC(=O)[C@@H]1C[C@H](NCc2cccc(C)c2)CN1C(C)C. The Hall–Kier alpha value is -1.39. The maximum absolute atomic E-state index is 12.2. The summed E-state index contributed by atoms with van der Waals surface area (Å²) in [5, 5.41) is 6.58. The van der Waals surface area contributed by atoms with Crippen molar-refractivity contribution in [3.63, 3.8) is 0 Å². The second kappa shape index (κ2) is 7.75. The Balaban J connectivity index is 1.94. The van der Waals surface area contributed by atoms with Gasteiger partial charge in [0.1, 0.15) is 0 Å². The van der Waals surface area contributed by atoms with Crippen molar-refractivity contribution in [2.45, 2.75) is 58.8 Å². The van der Waals surface area contributed by atoms with Crippen LogP contribution in [0.4, 0.5) is 0 Å². The first-order valence-corrected chi connectivity index (χ1v) is 8.33. The normalized spacial score (nSPS) is 22.2. The summed E-state index contributed by atoms with van der Waals surface area (Å²) >= 11 is 0. The van der Waals surface area contributed by atoms with E-state index in [1.165, 1.54) is 11.1 Å². The van der Waals surface area contributed by atoms with Crippen molar-refractivity contribution in [3.8, 4) is 0 Å². The minimum atomic E-state index is -0.00467. The summed E-state index contributed by atoms with van der Waals surface area (Å²) in [5.41, 5.74) is 2.59. The molecule has 1 heterocycles. The predicted molar refractivity (Wildman–Crippen MR) is 90.7 cm³/mol. The molecule has 1 fully saturated rings. The van der Waals surface area contributed by atoms with Gasteiger partial charge in [-0.3, -0.25) is 9.69 Å². The molecule has 1 aromatic carbocycles.